The zero-order chi connectivity index (χ0) is 18.1. The van der Waals surface area contributed by atoms with Crippen LogP contribution < -0.4 is 4.90 Å². The van der Waals surface area contributed by atoms with Gasteiger partial charge in [0.25, 0.3) is 5.69 Å². The number of nitro groups is 1. The Morgan fingerprint density at radius 3 is 2.50 bits per heavy atom. The van der Waals surface area contributed by atoms with Crippen molar-refractivity contribution < 1.29 is 4.92 Å². The predicted octanol–water partition coefficient (Wildman–Crippen LogP) is 2.61. The molecule has 0 saturated carbocycles. The van der Waals surface area contributed by atoms with Crippen molar-refractivity contribution in [2.45, 2.75) is 13.0 Å². The molecule has 0 radical (unpaired) electrons. The average Bonchev–Trinajstić information content (AvgIpc) is 3.12. The van der Waals surface area contributed by atoms with E-state index in [0.29, 0.717) is 18.1 Å². The minimum Gasteiger partial charge on any atom is -0.348 e. The molecule has 0 amide bonds. The van der Waals surface area contributed by atoms with Gasteiger partial charge in [0.15, 0.2) is 5.82 Å². The molecular formula is C18H14N6O2. The minimum atomic E-state index is -0.461. The van der Waals surface area contributed by atoms with E-state index in [9.17, 15) is 15.4 Å². The van der Waals surface area contributed by atoms with Gasteiger partial charge in [-0.2, -0.15) is 5.26 Å². The van der Waals surface area contributed by atoms with Crippen molar-refractivity contribution >= 4 is 11.5 Å². The molecule has 1 aliphatic rings. The monoisotopic (exact) mass is 346 g/mol. The van der Waals surface area contributed by atoms with Crippen LogP contribution in [0.15, 0.2) is 48.5 Å². The number of rotatable bonds is 3. The number of aromatic nitrogens is 3. The van der Waals surface area contributed by atoms with Crippen LogP contribution >= 0.6 is 0 Å². The maximum atomic E-state index is 10.8. The number of non-ortho nitro benzene ring substituents is 1. The third kappa shape index (κ3) is 2.75. The summed E-state index contributed by atoms with van der Waals surface area (Å²) in [5.74, 6) is 0.528. The van der Waals surface area contributed by atoms with Gasteiger partial charge in [-0.05, 0) is 29.7 Å². The second-order valence-electron chi connectivity index (χ2n) is 5.99. The maximum Gasteiger partial charge on any atom is 0.269 e. The molecule has 3 aromatic rings. The van der Waals surface area contributed by atoms with Crippen LogP contribution in [0, 0.1) is 21.4 Å². The van der Waals surface area contributed by atoms with Gasteiger partial charge in [-0.3, -0.25) is 10.1 Å². The van der Waals surface area contributed by atoms with E-state index in [0.717, 1.165) is 13.0 Å². The van der Waals surface area contributed by atoms with Crippen LogP contribution in [0.1, 0.15) is 16.8 Å². The van der Waals surface area contributed by atoms with Crippen LogP contribution in [0.3, 0.4) is 0 Å². The second-order valence-corrected chi connectivity index (χ2v) is 5.99. The molecule has 0 atom stereocenters. The molecule has 8 heteroatoms. The van der Waals surface area contributed by atoms with Crippen molar-refractivity contribution in [3.8, 4) is 11.8 Å². The first kappa shape index (κ1) is 15.8. The van der Waals surface area contributed by atoms with Gasteiger partial charge in [-0.1, -0.05) is 24.3 Å². The van der Waals surface area contributed by atoms with Gasteiger partial charge in [0.2, 0.25) is 5.69 Å². The van der Waals surface area contributed by atoms with Crippen LogP contribution in [0.25, 0.3) is 5.69 Å². The summed E-state index contributed by atoms with van der Waals surface area (Å²) in [5.41, 5.74) is 3.32. The molecule has 2 heterocycles. The fourth-order valence-electron chi connectivity index (χ4n) is 3.08. The van der Waals surface area contributed by atoms with E-state index >= 15 is 0 Å². The summed E-state index contributed by atoms with van der Waals surface area (Å²) in [6.45, 7) is 1.43. The number of nitrogens with zero attached hydrogens (tertiary/aromatic N) is 6. The normalized spacial score (nSPS) is 13.1. The van der Waals surface area contributed by atoms with Gasteiger partial charge >= 0.3 is 0 Å². The molecule has 0 fully saturated rings. The Bertz CT molecular complexity index is 1020. The third-order valence-electron chi connectivity index (χ3n) is 4.42. The van der Waals surface area contributed by atoms with Gasteiger partial charge < -0.3 is 4.90 Å². The highest BCUT2D eigenvalue weighted by atomic mass is 16.6. The summed E-state index contributed by atoms with van der Waals surface area (Å²) in [6.07, 6.45) is 0.880. The van der Waals surface area contributed by atoms with Gasteiger partial charge in [0, 0.05) is 25.2 Å². The van der Waals surface area contributed by atoms with E-state index in [2.05, 4.69) is 28.4 Å². The topological polar surface area (TPSA) is 101 Å². The lowest BCUT2D eigenvalue weighted by atomic mass is 10.00. The highest BCUT2D eigenvalue weighted by molar-refractivity contribution is 5.53. The van der Waals surface area contributed by atoms with Gasteiger partial charge in [-0.25, -0.2) is 0 Å². The number of nitriles is 1. The van der Waals surface area contributed by atoms with Crippen LogP contribution in [0.2, 0.25) is 0 Å². The van der Waals surface area contributed by atoms with Crippen molar-refractivity contribution in [3.63, 3.8) is 0 Å². The number of nitro benzene ring substituents is 1. The average molecular weight is 346 g/mol. The first-order chi connectivity index (χ1) is 12.7. The molecule has 2 aromatic carbocycles. The third-order valence-corrected chi connectivity index (χ3v) is 4.42. The number of fused-ring (bicyclic) bond motifs is 1. The van der Waals surface area contributed by atoms with Crippen LogP contribution in [0.5, 0.6) is 0 Å². The SMILES string of the molecule is N#Cc1nn(-c2ccc([N+](=O)[O-])cc2)nc1N1CCc2ccccc2C1. The largest absolute Gasteiger partial charge is 0.348 e. The smallest absolute Gasteiger partial charge is 0.269 e. The summed E-state index contributed by atoms with van der Waals surface area (Å²) in [7, 11) is 0. The van der Waals surface area contributed by atoms with Gasteiger partial charge in [0.05, 0.1) is 10.6 Å². The highest BCUT2D eigenvalue weighted by Crippen LogP contribution is 2.25. The summed E-state index contributed by atoms with van der Waals surface area (Å²) in [5, 5.41) is 28.9. The lowest BCUT2D eigenvalue weighted by Gasteiger charge is -2.28. The zero-order valence-electron chi connectivity index (χ0n) is 13.7. The van der Waals surface area contributed by atoms with Crippen LogP contribution in [-0.2, 0) is 13.0 Å². The molecule has 0 N–H and O–H groups in total. The van der Waals surface area contributed by atoms with Crippen molar-refractivity contribution in [2.75, 3.05) is 11.4 Å². The number of hydrogen-bond donors (Lipinski definition) is 0. The Balaban J connectivity index is 1.66. The van der Waals surface area contributed by atoms with E-state index in [1.165, 1.54) is 28.1 Å². The van der Waals surface area contributed by atoms with E-state index in [1.54, 1.807) is 12.1 Å². The molecule has 0 unspecified atom stereocenters. The molecule has 0 saturated heterocycles. The zero-order valence-corrected chi connectivity index (χ0v) is 13.7. The highest BCUT2D eigenvalue weighted by Gasteiger charge is 2.23. The molecule has 4 rings (SSSR count). The van der Waals surface area contributed by atoms with E-state index < -0.39 is 4.92 Å². The lowest BCUT2D eigenvalue weighted by Crippen LogP contribution is -2.31. The molecule has 1 aromatic heterocycles. The van der Waals surface area contributed by atoms with Crippen LogP contribution in [-0.4, -0.2) is 26.5 Å². The molecule has 128 valence electrons. The molecule has 0 bridgehead atoms. The van der Waals surface area contributed by atoms with Crippen molar-refractivity contribution in [1.82, 2.24) is 15.0 Å². The molecular weight excluding hydrogens is 332 g/mol. The number of anilines is 1. The van der Waals surface area contributed by atoms with Crippen molar-refractivity contribution in [2.24, 2.45) is 0 Å². The second kappa shape index (κ2) is 6.29. The number of hydrogen-bond acceptors (Lipinski definition) is 6. The lowest BCUT2D eigenvalue weighted by molar-refractivity contribution is -0.384. The van der Waals surface area contributed by atoms with Gasteiger partial charge in [0.1, 0.15) is 6.07 Å². The Morgan fingerprint density at radius 2 is 1.81 bits per heavy atom. The Morgan fingerprint density at radius 1 is 1.08 bits per heavy atom. The summed E-state index contributed by atoms with van der Waals surface area (Å²) in [6, 6.07) is 16.2. The fraction of sp³-hybridized carbons (Fsp3) is 0.167. The van der Waals surface area contributed by atoms with E-state index in [-0.39, 0.29) is 11.4 Å². The quantitative estimate of drug-likeness (QED) is 0.534. The minimum absolute atomic E-state index is 0.00530. The first-order valence-corrected chi connectivity index (χ1v) is 8.10. The molecule has 8 nitrogen and oxygen atoms in total. The number of benzene rings is 2. The maximum absolute atomic E-state index is 10.8. The van der Waals surface area contributed by atoms with E-state index in [4.69, 9.17) is 0 Å². The standard InChI is InChI=1S/C18H14N6O2/c19-11-17-18(22-10-9-13-3-1-2-4-14(13)12-22)21-23(20-17)15-5-7-16(8-6-15)24(25)26/h1-8H,9-10,12H2. The Labute approximate surface area is 149 Å². The fourth-order valence-corrected chi connectivity index (χ4v) is 3.08. The summed E-state index contributed by atoms with van der Waals surface area (Å²) in [4.78, 5) is 13.7. The summed E-state index contributed by atoms with van der Waals surface area (Å²) >= 11 is 0. The van der Waals surface area contributed by atoms with Crippen molar-refractivity contribution in [1.29, 1.82) is 5.26 Å². The van der Waals surface area contributed by atoms with Crippen LogP contribution in [0.4, 0.5) is 11.5 Å². The molecule has 26 heavy (non-hydrogen) atoms. The van der Waals surface area contributed by atoms with E-state index in [1.807, 2.05) is 17.0 Å². The van der Waals surface area contributed by atoms with Gasteiger partial charge in [-0.15, -0.1) is 15.0 Å². The Kier molecular flexibility index (Phi) is 3.82. The first-order valence-electron chi connectivity index (χ1n) is 8.10. The summed E-state index contributed by atoms with van der Waals surface area (Å²) < 4.78 is 0. The van der Waals surface area contributed by atoms with Crippen molar-refractivity contribution in [3.05, 3.63) is 75.5 Å². The molecule has 0 aliphatic carbocycles. The molecule has 1 aliphatic heterocycles. The Hall–Kier alpha value is -3.73. The predicted molar refractivity (Wildman–Crippen MR) is 93.9 cm³/mol. The molecule has 0 spiro atoms.